The summed E-state index contributed by atoms with van der Waals surface area (Å²) in [6.45, 7) is 0. The van der Waals surface area contributed by atoms with Gasteiger partial charge in [-0.25, -0.2) is 4.39 Å². The monoisotopic (exact) mass is 474 g/mol. The number of benzene rings is 2. The molecule has 1 amide bonds. The number of fused-ring (bicyclic) bond motifs is 5. The van der Waals surface area contributed by atoms with Gasteiger partial charge in [-0.2, -0.15) is 9.49 Å². The lowest BCUT2D eigenvalue weighted by Gasteiger charge is -2.45. The molecule has 2 aliphatic heterocycles. The van der Waals surface area contributed by atoms with Gasteiger partial charge in [-0.1, -0.05) is 6.07 Å². The number of halogens is 2. The molecule has 0 radical (unpaired) electrons. The molecule has 0 aliphatic carbocycles. The summed E-state index contributed by atoms with van der Waals surface area (Å²) in [5.41, 5.74) is 4.55. The van der Waals surface area contributed by atoms with Crippen LogP contribution in [0.5, 0.6) is 5.75 Å². The third kappa shape index (κ3) is 3.38. The third-order valence-electron chi connectivity index (χ3n) is 7.25. The minimum Gasteiger partial charge on any atom is -0.494 e. The van der Waals surface area contributed by atoms with Crippen LogP contribution >= 0.6 is 0 Å². The van der Waals surface area contributed by atoms with Crippen molar-refractivity contribution >= 4 is 16.8 Å². The van der Waals surface area contributed by atoms with Crippen LogP contribution in [0, 0.1) is 11.6 Å². The van der Waals surface area contributed by atoms with E-state index in [9.17, 15) is 13.6 Å². The van der Waals surface area contributed by atoms with Crippen molar-refractivity contribution in [3.63, 3.8) is 0 Å². The lowest BCUT2D eigenvalue weighted by atomic mass is 9.81. The molecule has 2 aliphatic rings. The van der Waals surface area contributed by atoms with Crippen molar-refractivity contribution in [2.45, 2.75) is 37.8 Å². The normalized spacial score (nSPS) is 19.0. The van der Waals surface area contributed by atoms with Crippen LogP contribution in [0.4, 0.5) is 8.78 Å². The molecule has 1 saturated heterocycles. The Balaban J connectivity index is 1.42. The quantitative estimate of drug-likeness (QED) is 0.409. The van der Waals surface area contributed by atoms with Gasteiger partial charge in [0.05, 0.1) is 30.1 Å². The van der Waals surface area contributed by atoms with Crippen molar-refractivity contribution in [2.75, 3.05) is 7.11 Å². The highest BCUT2D eigenvalue weighted by Gasteiger charge is 2.43. The van der Waals surface area contributed by atoms with Crippen molar-refractivity contribution < 1.29 is 18.3 Å². The smallest absolute Gasteiger partial charge is 0.254 e. The van der Waals surface area contributed by atoms with Crippen LogP contribution in [0.25, 0.3) is 22.2 Å². The summed E-state index contributed by atoms with van der Waals surface area (Å²) in [4.78, 5) is 20.1. The minimum absolute atomic E-state index is 0.00786. The summed E-state index contributed by atoms with van der Waals surface area (Å²) in [5.74, 6) is -2.13. The van der Waals surface area contributed by atoms with Crippen molar-refractivity contribution in [3.8, 4) is 17.0 Å². The molecule has 178 valence electrons. The second kappa shape index (κ2) is 8.15. The molecular formula is C27H24F2N4O2. The Morgan fingerprint density at radius 2 is 2.00 bits per heavy atom. The minimum atomic E-state index is -1.01. The Labute approximate surface area is 201 Å². The highest BCUT2D eigenvalue weighted by Crippen LogP contribution is 2.45. The average molecular weight is 475 g/mol. The molecule has 8 heteroatoms. The van der Waals surface area contributed by atoms with Crippen molar-refractivity contribution in [3.05, 3.63) is 77.1 Å². The SMILES string of the molecule is COc1cc(-c2c3c(nn2C)[C@H]2CCC[C@@H](C3)N2C(=O)c2ccc3ncccc3c2)cc(F)c1F. The largest absolute Gasteiger partial charge is 0.494 e. The van der Waals surface area contributed by atoms with Gasteiger partial charge in [0.1, 0.15) is 0 Å². The second-order valence-electron chi connectivity index (χ2n) is 9.24. The predicted octanol–water partition coefficient (Wildman–Crippen LogP) is 5.21. The van der Waals surface area contributed by atoms with Crippen LogP contribution in [0.2, 0.25) is 0 Å². The number of rotatable bonds is 3. The molecule has 4 heterocycles. The maximum Gasteiger partial charge on any atom is 0.254 e. The first-order valence-electron chi connectivity index (χ1n) is 11.7. The van der Waals surface area contributed by atoms with E-state index in [-0.39, 0.29) is 23.7 Å². The van der Waals surface area contributed by atoms with E-state index < -0.39 is 11.6 Å². The number of nitrogens with zero attached hydrogens (tertiary/aromatic N) is 4. The first-order valence-corrected chi connectivity index (χ1v) is 11.7. The molecule has 2 aromatic heterocycles. The molecule has 6 rings (SSSR count). The first-order chi connectivity index (χ1) is 17.0. The van der Waals surface area contributed by atoms with E-state index >= 15 is 0 Å². The number of piperidine rings is 1. The number of methoxy groups -OCH3 is 1. The van der Waals surface area contributed by atoms with Gasteiger partial charge in [-0.05, 0) is 62.1 Å². The molecule has 6 nitrogen and oxygen atoms in total. The molecular weight excluding hydrogens is 450 g/mol. The number of carbonyl (C=O) groups is 1. The lowest BCUT2D eigenvalue weighted by molar-refractivity contribution is 0.0392. The van der Waals surface area contributed by atoms with E-state index in [0.717, 1.165) is 47.1 Å². The predicted molar refractivity (Wildman–Crippen MR) is 127 cm³/mol. The third-order valence-corrected chi connectivity index (χ3v) is 7.25. The molecule has 35 heavy (non-hydrogen) atoms. The van der Waals surface area contributed by atoms with Crippen LogP contribution in [0.1, 0.15) is 46.9 Å². The van der Waals surface area contributed by atoms with Gasteiger partial charge in [0.25, 0.3) is 5.91 Å². The Kier molecular flexibility index (Phi) is 5.05. The van der Waals surface area contributed by atoms with Crippen molar-refractivity contribution in [1.82, 2.24) is 19.7 Å². The summed E-state index contributed by atoms with van der Waals surface area (Å²) in [5, 5.41) is 5.71. The van der Waals surface area contributed by atoms with Gasteiger partial charge >= 0.3 is 0 Å². The second-order valence-corrected chi connectivity index (χ2v) is 9.24. The van der Waals surface area contributed by atoms with Gasteiger partial charge < -0.3 is 9.64 Å². The topological polar surface area (TPSA) is 60.2 Å². The highest BCUT2D eigenvalue weighted by atomic mass is 19.2. The van der Waals surface area contributed by atoms with E-state index in [4.69, 9.17) is 9.84 Å². The van der Waals surface area contributed by atoms with Gasteiger partial charge in [-0.3, -0.25) is 14.5 Å². The number of ether oxygens (including phenoxy) is 1. The average Bonchev–Trinajstić information content (AvgIpc) is 3.20. The molecule has 4 aromatic rings. The molecule has 0 spiro atoms. The van der Waals surface area contributed by atoms with Crippen LogP contribution < -0.4 is 4.74 Å². The number of carbonyl (C=O) groups excluding carboxylic acids is 1. The fourth-order valence-corrected chi connectivity index (χ4v) is 5.72. The molecule has 2 bridgehead atoms. The fourth-order valence-electron chi connectivity index (χ4n) is 5.72. The van der Waals surface area contributed by atoms with Crippen LogP contribution in [-0.2, 0) is 13.5 Å². The molecule has 0 N–H and O–H groups in total. The number of aryl methyl sites for hydroxylation is 1. The summed E-state index contributed by atoms with van der Waals surface area (Å²) in [7, 11) is 3.12. The van der Waals surface area contributed by atoms with Crippen LogP contribution in [0.15, 0.2) is 48.7 Å². The Morgan fingerprint density at radius 1 is 1.14 bits per heavy atom. The Hall–Kier alpha value is -3.81. The molecule has 1 fully saturated rings. The lowest BCUT2D eigenvalue weighted by Crippen LogP contribution is -2.49. The summed E-state index contributed by atoms with van der Waals surface area (Å²) < 4.78 is 35.2. The van der Waals surface area contributed by atoms with Gasteiger partial charge in [-0.15, -0.1) is 0 Å². The molecule has 2 aromatic carbocycles. The summed E-state index contributed by atoms with van der Waals surface area (Å²) in [6.07, 6.45) is 5.04. The number of aromatic nitrogens is 3. The zero-order valence-corrected chi connectivity index (χ0v) is 19.5. The van der Waals surface area contributed by atoms with Crippen molar-refractivity contribution in [2.24, 2.45) is 7.05 Å². The van der Waals surface area contributed by atoms with Gasteiger partial charge in [0.2, 0.25) is 5.82 Å². The molecule has 2 atom stereocenters. The number of pyridine rings is 1. The Morgan fingerprint density at radius 3 is 2.83 bits per heavy atom. The number of hydrogen-bond donors (Lipinski definition) is 0. The standard InChI is InChI=1S/C27H24F2N4O2/c1-32-26(17-12-20(28)24(29)23(13-17)35-2)19-14-18-6-3-7-22(25(19)31-32)33(18)27(34)16-8-9-21-15(11-16)5-4-10-30-21/h4-5,8-13,18,22H,3,6-7,14H2,1-2H3/t18-,22+/m0/s1. The van der Waals surface area contributed by atoms with E-state index in [0.29, 0.717) is 17.5 Å². The van der Waals surface area contributed by atoms with E-state index in [1.54, 1.807) is 17.9 Å². The molecule has 0 unspecified atom stereocenters. The van der Waals surface area contributed by atoms with E-state index in [1.165, 1.54) is 19.2 Å². The summed E-state index contributed by atoms with van der Waals surface area (Å²) >= 11 is 0. The van der Waals surface area contributed by atoms with Crippen LogP contribution in [0.3, 0.4) is 0 Å². The molecule has 0 saturated carbocycles. The number of hydrogen-bond acceptors (Lipinski definition) is 4. The number of amides is 1. The van der Waals surface area contributed by atoms with E-state index in [2.05, 4.69) is 4.98 Å². The first kappa shape index (κ1) is 21.7. The van der Waals surface area contributed by atoms with Gasteiger partial charge in [0.15, 0.2) is 11.6 Å². The summed E-state index contributed by atoms with van der Waals surface area (Å²) in [6, 6.07) is 12.0. The van der Waals surface area contributed by atoms with E-state index in [1.807, 2.05) is 35.2 Å². The zero-order valence-electron chi connectivity index (χ0n) is 19.5. The maximum atomic E-state index is 14.3. The Bertz CT molecular complexity index is 1480. The fraction of sp³-hybridized carbons (Fsp3) is 0.296. The zero-order chi connectivity index (χ0) is 24.3. The maximum absolute atomic E-state index is 14.3. The van der Waals surface area contributed by atoms with Gasteiger partial charge in [0, 0.05) is 41.4 Å². The van der Waals surface area contributed by atoms with Crippen LogP contribution in [-0.4, -0.2) is 38.7 Å². The highest BCUT2D eigenvalue weighted by molar-refractivity contribution is 5.98. The van der Waals surface area contributed by atoms with Crippen molar-refractivity contribution in [1.29, 1.82) is 0 Å².